The molecule has 5 rings (SSSR count). The van der Waals surface area contributed by atoms with Crippen molar-refractivity contribution >= 4 is 48.4 Å². The molecule has 5 aromatic rings. The third-order valence-corrected chi connectivity index (χ3v) is 7.15. The third kappa shape index (κ3) is 3.72. The third-order valence-electron chi connectivity index (χ3n) is 5.68. The van der Waals surface area contributed by atoms with Gasteiger partial charge in [0, 0.05) is 23.5 Å². The molecule has 0 spiro atoms. The molecule has 160 valence electrons. The van der Waals surface area contributed by atoms with Crippen LogP contribution in [-0.2, 0) is 21.2 Å². The van der Waals surface area contributed by atoms with Crippen LogP contribution in [0.1, 0.15) is 5.56 Å². The number of rotatable bonds is 6. The lowest BCUT2D eigenvalue weighted by atomic mass is 10.0. The Bertz CT molecular complexity index is 1590. The van der Waals surface area contributed by atoms with Gasteiger partial charge in [0.25, 0.3) is 0 Å². The van der Waals surface area contributed by atoms with E-state index in [-0.39, 0.29) is 11.3 Å². The lowest BCUT2D eigenvalue weighted by Gasteiger charge is -2.15. The number of hydrogen-bond donors (Lipinski definition) is 3. The first-order chi connectivity index (χ1) is 15.4. The van der Waals surface area contributed by atoms with Gasteiger partial charge in [-0.1, -0.05) is 48.5 Å². The molecule has 1 atom stereocenters. The van der Waals surface area contributed by atoms with Crippen molar-refractivity contribution in [2.45, 2.75) is 17.4 Å². The molecule has 0 aliphatic rings. The number of carboxylic acids is 1. The van der Waals surface area contributed by atoms with Crippen LogP contribution < -0.4 is 4.72 Å². The SMILES string of the molecule is O=C(O)[C@@H](Cc1c[nH]c2ccccc12)NS(=O)(=O)c1ccc2cc3ccccc3cc2c1. The summed E-state index contributed by atoms with van der Waals surface area (Å²) in [5, 5.41) is 14.3. The Balaban J connectivity index is 1.47. The Morgan fingerprint density at radius 2 is 1.53 bits per heavy atom. The van der Waals surface area contributed by atoms with Crippen molar-refractivity contribution in [1.29, 1.82) is 0 Å². The van der Waals surface area contributed by atoms with Gasteiger partial charge < -0.3 is 10.1 Å². The number of benzene rings is 4. The molecule has 6 nitrogen and oxygen atoms in total. The molecular formula is C25H20N2O4S. The van der Waals surface area contributed by atoms with Gasteiger partial charge in [0.2, 0.25) is 10.0 Å². The predicted octanol–water partition coefficient (Wildman–Crippen LogP) is 4.45. The molecule has 7 heteroatoms. The van der Waals surface area contributed by atoms with Crippen LogP contribution in [0.25, 0.3) is 32.4 Å². The van der Waals surface area contributed by atoms with Crippen molar-refractivity contribution in [3.63, 3.8) is 0 Å². The number of carboxylic acid groups (broad SMARTS) is 1. The maximum Gasteiger partial charge on any atom is 0.322 e. The van der Waals surface area contributed by atoms with Gasteiger partial charge in [0.15, 0.2) is 0 Å². The summed E-state index contributed by atoms with van der Waals surface area (Å²) in [5.41, 5.74) is 1.61. The molecule has 0 radical (unpaired) electrons. The van der Waals surface area contributed by atoms with E-state index in [4.69, 9.17) is 0 Å². The van der Waals surface area contributed by atoms with Gasteiger partial charge in [-0.15, -0.1) is 0 Å². The molecule has 3 N–H and O–H groups in total. The summed E-state index contributed by atoms with van der Waals surface area (Å²) in [4.78, 5) is 15.0. The summed E-state index contributed by atoms with van der Waals surface area (Å²) < 4.78 is 28.5. The minimum absolute atomic E-state index is 0.0246. The second kappa shape index (κ2) is 7.78. The fraction of sp³-hybridized carbons (Fsp3) is 0.0800. The van der Waals surface area contributed by atoms with E-state index in [1.165, 1.54) is 6.07 Å². The molecular weight excluding hydrogens is 424 g/mol. The Kier molecular flexibility index (Phi) is 4.92. The topological polar surface area (TPSA) is 99.3 Å². The number of carbonyl (C=O) groups is 1. The van der Waals surface area contributed by atoms with E-state index in [0.29, 0.717) is 0 Å². The molecule has 1 heterocycles. The number of H-pyrrole nitrogens is 1. The molecule has 0 bridgehead atoms. The average Bonchev–Trinajstić information content (AvgIpc) is 3.19. The Morgan fingerprint density at radius 3 is 2.28 bits per heavy atom. The van der Waals surface area contributed by atoms with Crippen molar-refractivity contribution < 1.29 is 18.3 Å². The van der Waals surface area contributed by atoms with Crippen LogP contribution in [0.4, 0.5) is 0 Å². The Labute approximate surface area is 184 Å². The number of hydrogen-bond acceptors (Lipinski definition) is 3. The van der Waals surface area contributed by atoms with Crippen molar-refractivity contribution in [2.75, 3.05) is 0 Å². The van der Waals surface area contributed by atoms with Crippen molar-refractivity contribution in [1.82, 2.24) is 9.71 Å². The highest BCUT2D eigenvalue weighted by Gasteiger charge is 2.26. The summed E-state index contributed by atoms with van der Waals surface area (Å²) >= 11 is 0. The number of nitrogens with one attached hydrogen (secondary N) is 2. The molecule has 0 aliphatic carbocycles. The van der Waals surface area contributed by atoms with Crippen LogP contribution in [0.2, 0.25) is 0 Å². The average molecular weight is 445 g/mol. The van der Waals surface area contributed by atoms with Crippen LogP contribution in [0.15, 0.2) is 90.0 Å². The summed E-state index contributed by atoms with van der Waals surface area (Å²) in [6.45, 7) is 0. The van der Waals surface area contributed by atoms with E-state index in [1.807, 2.05) is 60.7 Å². The fourth-order valence-electron chi connectivity index (χ4n) is 4.04. The number of fused-ring (bicyclic) bond motifs is 3. The first-order valence-electron chi connectivity index (χ1n) is 10.1. The van der Waals surface area contributed by atoms with E-state index in [0.717, 1.165) is 38.0 Å². The van der Waals surface area contributed by atoms with E-state index in [9.17, 15) is 18.3 Å². The summed E-state index contributed by atoms with van der Waals surface area (Å²) in [6, 6.07) is 22.8. The lowest BCUT2D eigenvalue weighted by molar-refractivity contribution is -0.138. The molecule has 0 aliphatic heterocycles. The van der Waals surface area contributed by atoms with Crippen LogP contribution in [-0.4, -0.2) is 30.5 Å². The van der Waals surface area contributed by atoms with Crippen molar-refractivity contribution in [3.8, 4) is 0 Å². The number of para-hydroxylation sites is 1. The van der Waals surface area contributed by atoms with Crippen LogP contribution in [0, 0.1) is 0 Å². The quantitative estimate of drug-likeness (QED) is 0.337. The van der Waals surface area contributed by atoms with E-state index >= 15 is 0 Å². The number of aromatic nitrogens is 1. The van der Waals surface area contributed by atoms with Gasteiger partial charge in [-0.25, -0.2) is 8.42 Å². The molecule has 0 amide bonds. The van der Waals surface area contributed by atoms with Gasteiger partial charge in [0.1, 0.15) is 6.04 Å². The van der Waals surface area contributed by atoms with Crippen LogP contribution in [0.5, 0.6) is 0 Å². The number of sulfonamides is 1. The van der Waals surface area contributed by atoms with Crippen molar-refractivity contribution in [3.05, 3.63) is 90.6 Å². The maximum absolute atomic E-state index is 13.1. The smallest absolute Gasteiger partial charge is 0.322 e. The predicted molar refractivity (Wildman–Crippen MR) is 125 cm³/mol. The minimum atomic E-state index is -4.05. The zero-order valence-electron chi connectivity index (χ0n) is 16.9. The molecule has 0 saturated heterocycles. The highest BCUT2D eigenvalue weighted by molar-refractivity contribution is 7.89. The largest absolute Gasteiger partial charge is 0.480 e. The minimum Gasteiger partial charge on any atom is -0.480 e. The summed E-state index contributed by atoms with van der Waals surface area (Å²) in [5.74, 6) is -1.23. The number of aromatic amines is 1. The van der Waals surface area contributed by atoms with Crippen molar-refractivity contribution in [2.24, 2.45) is 0 Å². The second-order valence-electron chi connectivity index (χ2n) is 7.78. The first kappa shape index (κ1) is 20.2. The molecule has 0 fully saturated rings. The lowest BCUT2D eigenvalue weighted by Crippen LogP contribution is -2.42. The van der Waals surface area contributed by atoms with Crippen LogP contribution in [0.3, 0.4) is 0 Å². The van der Waals surface area contributed by atoms with E-state index < -0.39 is 22.0 Å². The van der Waals surface area contributed by atoms with Gasteiger partial charge in [-0.05, 0) is 57.4 Å². The van der Waals surface area contributed by atoms with E-state index in [1.54, 1.807) is 18.3 Å². The zero-order valence-corrected chi connectivity index (χ0v) is 17.8. The van der Waals surface area contributed by atoms with Gasteiger partial charge >= 0.3 is 5.97 Å². The Hall–Kier alpha value is -3.68. The number of aliphatic carboxylic acids is 1. The van der Waals surface area contributed by atoms with Crippen LogP contribution >= 0.6 is 0 Å². The highest BCUT2D eigenvalue weighted by atomic mass is 32.2. The van der Waals surface area contributed by atoms with Gasteiger partial charge in [-0.2, -0.15) is 4.72 Å². The molecule has 0 unspecified atom stereocenters. The monoisotopic (exact) mass is 444 g/mol. The Morgan fingerprint density at radius 1 is 0.875 bits per heavy atom. The first-order valence-corrected chi connectivity index (χ1v) is 11.6. The van der Waals surface area contributed by atoms with Gasteiger partial charge in [-0.3, -0.25) is 4.79 Å². The highest BCUT2D eigenvalue weighted by Crippen LogP contribution is 2.26. The summed E-state index contributed by atoms with van der Waals surface area (Å²) in [7, 11) is -4.05. The molecule has 1 aromatic heterocycles. The molecule has 32 heavy (non-hydrogen) atoms. The molecule has 4 aromatic carbocycles. The standard InChI is InChI=1S/C25H20N2O4S/c28-25(29)24(14-20-15-26-23-8-4-3-7-22(20)23)27-32(30,31)21-10-9-18-11-16-5-1-2-6-17(16)12-19(18)13-21/h1-13,15,24,26-27H,14H2,(H,28,29)/t24-/m1/s1. The fourth-order valence-corrected chi connectivity index (χ4v) is 5.26. The van der Waals surface area contributed by atoms with Gasteiger partial charge in [0.05, 0.1) is 4.90 Å². The zero-order chi connectivity index (χ0) is 22.3. The maximum atomic E-state index is 13.1. The summed E-state index contributed by atoms with van der Waals surface area (Å²) in [6.07, 6.45) is 1.74. The molecule has 0 saturated carbocycles. The second-order valence-corrected chi connectivity index (χ2v) is 9.50. The normalized spacial score (nSPS) is 13.0. The van der Waals surface area contributed by atoms with E-state index in [2.05, 4.69) is 9.71 Å².